The first-order valence-corrected chi connectivity index (χ1v) is 9.47. The summed E-state index contributed by atoms with van der Waals surface area (Å²) in [6.07, 6.45) is 0. The molecule has 2 aromatic heterocycles. The molecule has 146 valence electrons. The molecule has 1 N–H and O–H groups in total. The fourth-order valence-corrected chi connectivity index (χ4v) is 3.45. The van der Waals surface area contributed by atoms with Crippen LogP contribution in [0.1, 0.15) is 33.6 Å². The number of nitrogens with zero attached hydrogens (tertiary/aromatic N) is 5. The summed E-state index contributed by atoms with van der Waals surface area (Å²) in [7, 11) is 0. The van der Waals surface area contributed by atoms with Crippen molar-refractivity contribution in [2.75, 3.05) is 32.8 Å². The third-order valence-electron chi connectivity index (χ3n) is 4.87. The smallest absolute Gasteiger partial charge is 0.291 e. The van der Waals surface area contributed by atoms with Crippen LogP contribution in [0.2, 0.25) is 0 Å². The van der Waals surface area contributed by atoms with Crippen molar-refractivity contribution < 1.29 is 9.53 Å². The highest BCUT2D eigenvalue weighted by atomic mass is 16.5. The van der Waals surface area contributed by atoms with Crippen molar-refractivity contribution in [3.63, 3.8) is 0 Å². The minimum Gasteiger partial charge on any atom is -0.379 e. The molecule has 0 saturated carbocycles. The normalized spacial score (nSPS) is 16.2. The van der Waals surface area contributed by atoms with E-state index >= 15 is 0 Å². The van der Waals surface area contributed by atoms with Gasteiger partial charge in [-0.1, -0.05) is 30.3 Å². The average Bonchev–Trinajstić information content (AvgIpc) is 3.13. The summed E-state index contributed by atoms with van der Waals surface area (Å²) in [5.74, 6) is 0.265. The molecule has 1 unspecified atom stereocenters. The van der Waals surface area contributed by atoms with Gasteiger partial charge in [-0.15, -0.1) is 5.10 Å². The Labute approximate surface area is 163 Å². The number of aryl methyl sites for hydroxylation is 2. The molecule has 3 heterocycles. The Morgan fingerprint density at radius 2 is 1.93 bits per heavy atom. The zero-order valence-electron chi connectivity index (χ0n) is 16.1. The Morgan fingerprint density at radius 3 is 2.68 bits per heavy atom. The van der Waals surface area contributed by atoms with E-state index in [0.717, 1.165) is 30.0 Å². The van der Waals surface area contributed by atoms with E-state index in [9.17, 15) is 4.79 Å². The molecule has 1 aromatic carbocycles. The molecule has 28 heavy (non-hydrogen) atoms. The van der Waals surface area contributed by atoms with Crippen molar-refractivity contribution in [1.82, 2.24) is 29.8 Å². The molecule has 8 heteroatoms. The second-order valence-electron chi connectivity index (χ2n) is 7.04. The van der Waals surface area contributed by atoms with Gasteiger partial charge < -0.3 is 10.1 Å². The highest BCUT2D eigenvalue weighted by Crippen LogP contribution is 2.16. The highest BCUT2D eigenvalue weighted by molar-refractivity contribution is 5.91. The molecule has 0 spiro atoms. The second-order valence-corrected chi connectivity index (χ2v) is 7.04. The third kappa shape index (κ3) is 4.02. The van der Waals surface area contributed by atoms with Gasteiger partial charge in [-0.2, -0.15) is 4.98 Å². The number of hydrogen-bond donors (Lipinski definition) is 1. The molecule has 0 radical (unpaired) electrons. The lowest BCUT2D eigenvalue weighted by atomic mass is 10.1. The largest absolute Gasteiger partial charge is 0.379 e. The molecule has 4 rings (SSSR count). The molecule has 3 aromatic rings. The maximum absolute atomic E-state index is 12.9. The number of carbonyl (C=O) groups is 1. The van der Waals surface area contributed by atoms with Crippen molar-refractivity contribution in [2.24, 2.45) is 0 Å². The van der Waals surface area contributed by atoms with Crippen LogP contribution in [0, 0.1) is 13.8 Å². The van der Waals surface area contributed by atoms with Crippen molar-refractivity contribution in [1.29, 1.82) is 0 Å². The first-order valence-electron chi connectivity index (χ1n) is 9.47. The number of carbonyl (C=O) groups excluding carboxylic acids is 1. The van der Waals surface area contributed by atoms with Crippen LogP contribution in [0.25, 0.3) is 5.78 Å². The SMILES string of the molecule is Cc1cc(C)n2nc(C(=O)NC(CN3CCOCC3)c3ccccc3)nc2n1. The van der Waals surface area contributed by atoms with Crippen molar-refractivity contribution in [2.45, 2.75) is 19.9 Å². The summed E-state index contributed by atoms with van der Waals surface area (Å²) in [6.45, 7) is 7.67. The summed E-state index contributed by atoms with van der Waals surface area (Å²) in [4.78, 5) is 23.9. The third-order valence-corrected chi connectivity index (χ3v) is 4.87. The molecular formula is C20H24N6O2. The molecule has 1 aliphatic rings. The van der Waals surface area contributed by atoms with Crippen LogP contribution < -0.4 is 5.32 Å². The van der Waals surface area contributed by atoms with Crippen LogP contribution in [0.15, 0.2) is 36.4 Å². The highest BCUT2D eigenvalue weighted by Gasteiger charge is 2.23. The average molecular weight is 380 g/mol. The molecule has 1 fully saturated rings. The van der Waals surface area contributed by atoms with Gasteiger partial charge in [-0.3, -0.25) is 9.69 Å². The van der Waals surface area contributed by atoms with Crippen molar-refractivity contribution >= 4 is 11.7 Å². The zero-order chi connectivity index (χ0) is 19.5. The Morgan fingerprint density at radius 1 is 1.18 bits per heavy atom. The summed E-state index contributed by atoms with van der Waals surface area (Å²) >= 11 is 0. The van der Waals surface area contributed by atoms with Crippen LogP contribution in [-0.4, -0.2) is 63.2 Å². The van der Waals surface area contributed by atoms with Crippen molar-refractivity contribution in [3.8, 4) is 0 Å². The van der Waals surface area contributed by atoms with Gasteiger partial charge in [0.1, 0.15) is 0 Å². The van der Waals surface area contributed by atoms with Crippen molar-refractivity contribution in [3.05, 3.63) is 59.2 Å². The number of nitrogens with one attached hydrogen (secondary N) is 1. The maximum Gasteiger partial charge on any atom is 0.291 e. The quantitative estimate of drug-likeness (QED) is 0.723. The van der Waals surface area contributed by atoms with Gasteiger partial charge in [0.2, 0.25) is 5.82 Å². The van der Waals surface area contributed by atoms with E-state index in [4.69, 9.17) is 4.74 Å². The monoisotopic (exact) mass is 380 g/mol. The Kier molecular flexibility index (Phi) is 5.31. The van der Waals surface area contributed by atoms with Gasteiger partial charge in [0, 0.05) is 31.0 Å². The first kappa shape index (κ1) is 18.5. The number of fused-ring (bicyclic) bond motifs is 1. The van der Waals surface area contributed by atoms with Crippen LogP contribution in [0.4, 0.5) is 0 Å². The molecule has 1 saturated heterocycles. The zero-order valence-corrected chi connectivity index (χ0v) is 16.1. The molecule has 1 amide bonds. The Bertz CT molecular complexity index is 965. The summed E-state index contributed by atoms with van der Waals surface area (Å²) in [5, 5.41) is 7.45. The summed E-state index contributed by atoms with van der Waals surface area (Å²) in [6, 6.07) is 11.7. The molecule has 0 bridgehead atoms. The second kappa shape index (κ2) is 8.04. The van der Waals surface area contributed by atoms with Gasteiger partial charge in [-0.25, -0.2) is 9.50 Å². The minimum absolute atomic E-state index is 0.129. The number of ether oxygens (including phenoxy) is 1. The van der Waals surface area contributed by atoms with Crippen LogP contribution in [-0.2, 0) is 4.74 Å². The van der Waals surface area contributed by atoms with Gasteiger partial charge in [0.05, 0.1) is 19.3 Å². The van der Waals surface area contributed by atoms with E-state index in [-0.39, 0.29) is 17.8 Å². The fourth-order valence-electron chi connectivity index (χ4n) is 3.45. The molecule has 1 atom stereocenters. The van der Waals surface area contributed by atoms with Crippen LogP contribution in [0.3, 0.4) is 0 Å². The lowest BCUT2D eigenvalue weighted by molar-refractivity contribution is 0.0332. The Hall–Kier alpha value is -2.84. The molecule has 0 aliphatic carbocycles. The van der Waals surface area contributed by atoms with Gasteiger partial charge >= 0.3 is 0 Å². The molecule has 8 nitrogen and oxygen atoms in total. The number of benzene rings is 1. The van der Waals surface area contributed by atoms with Gasteiger partial charge in [-0.05, 0) is 25.5 Å². The predicted octanol–water partition coefficient (Wildman–Crippen LogP) is 1.54. The maximum atomic E-state index is 12.9. The topological polar surface area (TPSA) is 84.7 Å². The van der Waals surface area contributed by atoms with E-state index in [1.54, 1.807) is 4.52 Å². The number of hydrogen-bond acceptors (Lipinski definition) is 6. The predicted molar refractivity (Wildman–Crippen MR) is 104 cm³/mol. The fraction of sp³-hybridized carbons (Fsp3) is 0.400. The van der Waals surface area contributed by atoms with E-state index in [2.05, 4.69) is 25.3 Å². The van der Waals surface area contributed by atoms with Crippen LogP contribution >= 0.6 is 0 Å². The molecular weight excluding hydrogens is 356 g/mol. The van der Waals surface area contributed by atoms with E-state index < -0.39 is 0 Å². The van der Waals surface area contributed by atoms with Crippen LogP contribution in [0.5, 0.6) is 0 Å². The van der Waals surface area contributed by atoms with E-state index in [1.165, 1.54) is 0 Å². The first-order chi connectivity index (χ1) is 13.6. The lowest BCUT2D eigenvalue weighted by Crippen LogP contribution is -2.43. The number of aromatic nitrogens is 4. The van der Waals surface area contributed by atoms with Gasteiger partial charge in [0.15, 0.2) is 0 Å². The van der Waals surface area contributed by atoms with Gasteiger partial charge in [0.25, 0.3) is 11.7 Å². The minimum atomic E-state index is -0.301. The number of rotatable bonds is 5. The Balaban J connectivity index is 1.57. The lowest BCUT2D eigenvalue weighted by Gasteiger charge is -2.30. The van der Waals surface area contributed by atoms with E-state index in [1.807, 2.05) is 50.2 Å². The molecule has 1 aliphatic heterocycles. The summed E-state index contributed by atoms with van der Waals surface area (Å²) < 4.78 is 7.03. The summed E-state index contributed by atoms with van der Waals surface area (Å²) in [5.41, 5.74) is 2.79. The number of amides is 1. The standard InChI is InChI=1S/C20H24N6O2/c1-14-12-15(2)26-20(21-14)23-18(24-26)19(27)22-17(16-6-4-3-5-7-16)13-25-8-10-28-11-9-25/h3-7,12,17H,8-11,13H2,1-2H3,(H,22,27). The number of morpholine rings is 1. The van der Waals surface area contributed by atoms with E-state index in [0.29, 0.717) is 25.5 Å².